The molecule has 0 atom stereocenters. The minimum Gasteiger partial charge on any atom is -0.456 e. The molecule has 93 valence electrons. The van der Waals surface area contributed by atoms with Gasteiger partial charge in [0.25, 0.3) is 7.41 Å². The van der Waals surface area contributed by atoms with Gasteiger partial charge in [0, 0.05) is 5.56 Å². The largest absolute Gasteiger partial charge is 0.456 e. The quantitative estimate of drug-likeness (QED) is 0.241. The molecule has 0 bridgehead atoms. The second kappa shape index (κ2) is 7.34. The van der Waals surface area contributed by atoms with E-state index in [0.29, 0.717) is 6.19 Å². The van der Waals surface area contributed by atoms with Gasteiger partial charge in [-0.05, 0) is 12.1 Å². The monoisotopic (exact) mass is 250 g/mol. The first-order valence-corrected chi connectivity index (χ1v) is 5.08. The lowest BCUT2D eigenvalue weighted by atomic mass is 9.99. The van der Waals surface area contributed by atoms with Crippen molar-refractivity contribution in [1.29, 1.82) is 0 Å². The molecular formula is C11H10BFNO4. The molecule has 0 saturated heterocycles. The maximum atomic E-state index is 12.8. The van der Waals surface area contributed by atoms with Gasteiger partial charge in [-0.2, -0.15) is 0 Å². The fourth-order valence-electron chi connectivity index (χ4n) is 1.13. The summed E-state index contributed by atoms with van der Waals surface area (Å²) in [7, 11) is 1.04. The third-order valence-corrected chi connectivity index (χ3v) is 1.94. The molecule has 1 N–H and O–H groups in total. The number of hydrogen-bond donors (Lipinski definition) is 1. The maximum absolute atomic E-state index is 12.8. The first kappa shape index (κ1) is 14.0. The van der Waals surface area contributed by atoms with Crippen LogP contribution in [0.5, 0.6) is 0 Å². The zero-order valence-electron chi connectivity index (χ0n) is 9.39. The summed E-state index contributed by atoms with van der Waals surface area (Å²) in [6.07, 6.45) is 0.477. The Bertz CT molecular complexity index is 452. The molecule has 0 aromatic heterocycles. The lowest BCUT2D eigenvalue weighted by molar-refractivity contribution is -0.141. The van der Waals surface area contributed by atoms with Crippen LogP contribution in [-0.2, 0) is 14.3 Å². The van der Waals surface area contributed by atoms with Gasteiger partial charge in [-0.3, -0.25) is 9.59 Å². The highest BCUT2D eigenvalue weighted by molar-refractivity contribution is 6.64. The van der Waals surface area contributed by atoms with Crippen molar-refractivity contribution in [2.45, 2.75) is 0 Å². The Balaban J connectivity index is 2.37. The minimum absolute atomic E-state index is 0.134. The normalized spacial score (nSPS) is 9.61. The standard InChI is InChI=1S/C11H10BFNO4/c13-9-3-1-2-8(4-9)10(16)6-18-11(17)5-14-12-7-15/h1-4,7,14H,5-6H2. The SMILES string of the molecule is O=C[B]NCC(=O)OCC(=O)c1cccc(F)c1. The van der Waals surface area contributed by atoms with Crippen LogP contribution in [0.15, 0.2) is 24.3 Å². The molecule has 0 unspecified atom stereocenters. The topological polar surface area (TPSA) is 72.5 Å². The number of hydrogen-bond acceptors (Lipinski definition) is 5. The Kier molecular flexibility index (Phi) is 5.73. The Morgan fingerprint density at radius 1 is 1.44 bits per heavy atom. The van der Waals surface area contributed by atoms with E-state index in [1.807, 2.05) is 0 Å². The van der Waals surface area contributed by atoms with E-state index in [0.717, 1.165) is 13.5 Å². The van der Waals surface area contributed by atoms with Gasteiger partial charge < -0.3 is 14.8 Å². The number of halogens is 1. The number of esters is 1. The van der Waals surface area contributed by atoms with E-state index in [1.165, 1.54) is 18.2 Å². The number of carbonyl (C=O) groups excluding carboxylic acids is 3. The highest BCUT2D eigenvalue weighted by Gasteiger charge is 2.10. The summed E-state index contributed by atoms with van der Waals surface area (Å²) in [6.45, 7) is -0.680. The van der Waals surface area contributed by atoms with Crippen molar-refractivity contribution >= 4 is 25.4 Å². The van der Waals surface area contributed by atoms with Crippen LogP contribution in [0.4, 0.5) is 4.39 Å². The smallest absolute Gasteiger partial charge is 0.319 e. The Morgan fingerprint density at radius 2 is 2.22 bits per heavy atom. The van der Waals surface area contributed by atoms with E-state index in [2.05, 4.69) is 9.96 Å². The van der Waals surface area contributed by atoms with Gasteiger partial charge in [0.05, 0.1) is 12.7 Å². The van der Waals surface area contributed by atoms with Gasteiger partial charge in [0.1, 0.15) is 5.82 Å². The zero-order valence-corrected chi connectivity index (χ0v) is 9.39. The first-order valence-electron chi connectivity index (χ1n) is 5.08. The summed E-state index contributed by atoms with van der Waals surface area (Å²) in [5.41, 5.74) is 0.134. The predicted octanol–water partition coefficient (Wildman–Crippen LogP) is -0.0494. The fourth-order valence-corrected chi connectivity index (χ4v) is 1.13. The molecule has 1 radical (unpaired) electrons. The van der Waals surface area contributed by atoms with E-state index >= 15 is 0 Å². The first-order chi connectivity index (χ1) is 8.63. The fraction of sp³-hybridized carbons (Fsp3) is 0.182. The van der Waals surface area contributed by atoms with Crippen LogP contribution in [0, 0.1) is 5.82 Å². The lowest BCUT2D eigenvalue weighted by Gasteiger charge is -2.04. The Hall–Kier alpha value is -2.02. The van der Waals surface area contributed by atoms with E-state index in [4.69, 9.17) is 0 Å². The molecule has 0 saturated carbocycles. The van der Waals surface area contributed by atoms with Crippen LogP contribution in [0.3, 0.4) is 0 Å². The molecule has 0 aliphatic carbocycles. The van der Waals surface area contributed by atoms with Crippen molar-refractivity contribution in [3.63, 3.8) is 0 Å². The average Bonchev–Trinajstić information content (AvgIpc) is 2.36. The molecule has 0 amide bonds. The molecule has 5 nitrogen and oxygen atoms in total. The summed E-state index contributed by atoms with van der Waals surface area (Å²) in [5, 5.41) is 2.37. The summed E-state index contributed by atoms with van der Waals surface area (Å²) >= 11 is 0. The van der Waals surface area contributed by atoms with Crippen LogP contribution in [0.25, 0.3) is 0 Å². The van der Waals surface area contributed by atoms with Gasteiger partial charge >= 0.3 is 5.97 Å². The number of rotatable bonds is 7. The summed E-state index contributed by atoms with van der Waals surface area (Å²) in [5.74, 6) is -1.71. The molecule has 0 aliphatic heterocycles. The molecule has 0 spiro atoms. The second-order valence-corrected chi connectivity index (χ2v) is 3.28. The van der Waals surface area contributed by atoms with Crippen molar-refractivity contribution in [2.75, 3.05) is 13.2 Å². The molecule has 1 rings (SSSR count). The van der Waals surface area contributed by atoms with Gasteiger partial charge in [0.15, 0.2) is 12.4 Å². The van der Waals surface area contributed by atoms with Crippen molar-refractivity contribution in [3.8, 4) is 0 Å². The van der Waals surface area contributed by atoms with Crippen LogP contribution >= 0.6 is 0 Å². The highest BCUT2D eigenvalue weighted by atomic mass is 19.1. The second-order valence-electron chi connectivity index (χ2n) is 3.28. The Labute approximate surface area is 104 Å². The van der Waals surface area contributed by atoms with Crippen LogP contribution in [0.2, 0.25) is 0 Å². The van der Waals surface area contributed by atoms with Gasteiger partial charge in [-0.25, -0.2) is 4.39 Å². The van der Waals surface area contributed by atoms with Crippen molar-refractivity contribution in [2.24, 2.45) is 0 Å². The molecule has 1 aromatic rings. The maximum Gasteiger partial charge on any atom is 0.319 e. The molecule has 1 aromatic carbocycles. The average molecular weight is 250 g/mol. The number of carbonyl (C=O) groups is 3. The van der Waals surface area contributed by atoms with E-state index in [-0.39, 0.29) is 12.1 Å². The predicted molar refractivity (Wildman–Crippen MR) is 62.2 cm³/mol. The third kappa shape index (κ3) is 4.88. The minimum atomic E-state index is -0.683. The van der Waals surface area contributed by atoms with E-state index < -0.39 is 24.2 Å². The summed E-state index contributed by atoms with van der Waals surface area (Å²) in [4.78, 5) is 32.5. The van der Waals surface area contributed by atoms with Crippen molar-refractivity contribution in [3.05, 3.63) is 35.6 Å². The number of ketones is 1. The summed E-state index contributed by atoms with van der Waals surface area (Å²) in [6, 6.07) is 5.10. The van der Waals surface area contributed by atoms with Crippen LogP contribution < -0.4 is 5.23 Å². The Morgan fingerprint density at radius 3 is 2.89 bits per heavy atom. The molecular weight excluding hydrogens is 240 g/mol. The zero-order chi connectivity index (χ0) is 13.4. The lowest BCUT2D eigenvalue weighted by Crippen LogP contribution is -2.29. The van der Waals surface area contributed by atoms with Gasteiger partial charge in [0.2, 0.25) is 0 Å². The van der Waals surface area contributed by atoms with Gasteiger partial charge in [-0.1, -0.05) is 12.1 Å². The van der Waals surface area contributed by atoms with E-state index in [9.17, 15) is 18.8 Å². The third-order valence-electron chi connectivity index (χ3n) is 1.94. The number of ether oxygens (including phenoxy) is 1. The van der Waals surface area contributed by atoms with Crippen molar-refractivity contribution < 1.29 is 23.5 Å². The number of Topliss-reactive ketones (excluding diaryl/α,β-unsaturated/α-hetero) is 1. The number of nitrogens with one attached hydrogen (secondary N) is 1. The van der Waals surface area contributed by atoms with Gasteiger partial charge in [-0.15, -0.1) is 0 Å². The van der Waals surface area contributed by atoms with Crippen LogP contribution in [0.1, 0.15) is 10.4 Å². The van der Waals surface area contributed by atoms with Crippen molar-refractivity contribution in [1.82, 2.24) is 5.23 Å². The molecule has 0 heterocycles. The highest BCUT2D eigenvalue weighted by Crippen LogP contribution is 2.04. The summed E-state index contributed by atoms with van der Waals surface area (Å²) < 4.78 is 17.5. The van der Waals surface area contributed by atoms with Crippen LogP contribution in [-0.4, -0.2) is 38.5 Å². The molecule has 7 heteroatoms. The number of benzene rings is 1. The van der Waals surface area contributed by atoms with E-state index in [1.54, 1.807) is 0 Å². The molecule has 0 fully saturated rings. The molecule has 18 heavy (non-hydrogen) atoms. The molecule has 0 aliphatic rings.